The highest BCUT2D eigenvalue weighted by atomic mass is 35.5. The summed E-state index contributed by atoms with van der Waals surface area (Å²) in [5.41, 5.74) is 8.65. The van der Waals surface area contributed by atoms with Gasteiger partial charge in [-0.3, -0.25) is 4.90 Å². The summed E-state index contributed by atoms with van der Waals surface area (Å²) in [4.78, 5) is 2.54. The summed E-state index contributed by atoms with van der Waals surface area (Å²) in [6.07, 6.45) is 4.95. The highest BCUT2D eigenvalue weighted by molar-refractivity contribution is 5.85. The molecule has 1 aromatic rings. The van der Waals surface area contributed by atoms with Crippen LogP contribution >= 0.6 is 12.4 Å². The van der Waals surface area contributed by atoms with Gasteiger partial charge in [-0.2, -0.15) is 0 Å². The Morgan fingerprint density at radius 1 is 1.32 bits per heavy atom. The molecule has 0 bridgehead atoms. The van der Waals surface area contributed by atoms with E-state index in [1.165, 1.54) is 36.9 Å². The Hall–Kier alpha value is -0.770. The average molecular weight is 283 g/mol. The van der Waals surface area contributed by atoms with E-state index in [1.54, 1.807) is 0 Å². The third-order valence-corrected chi connectivity index (χ3v) is 4.16. The Bertz CT molecular complexity index is 425. The summed E-state index contributed by atoms with van der Waals surface area (Å²) in [6.45, 7) is 3.85. The van der Waals surface area contributed by atoms with E-state index in [1.807, 2.05) is 0 Å². The number of fused-ring (bicyclic) bond motifs is 1. The van der Waals surface area contributed by atoms with Gasteiger partial charge >= 0.3 is 0 Å². The molecule has 0 amide bonds. The summed E-state index contributed by atoms with van der Waals surface area (Å²) in [7, 11) is 0. The molecule has 2 aliphatic heterocycles. The number of nitrogens with two attached hydrogens (primary N) is 1. The van der Waals surface area contributed by atoms with Crippen LogP contribution in [0, 0.1) is 0 Å². The lowest BCUT2D eigenvalue weighted by atomic mass is 10.0. The van der Waals surface area contributed by atoms with Crippen LogP contribution in [0.2, 0.25) is 0 Å². The van der Waals surface area contributed by atoms with E-state index in [-0.39, 0.29) is 12.4 Å². The van der Waals surface area contributed by atoms with Crippen LogP contribution in [0.15, 0.2) is 18.2 Å². The summed E-state index contributed by atoms with van der Waals surface area (Å²) >= 11 is 0. The second-order valence-electron chi connectivity index (χ2n) is 5.40. The topological polar surface area (TPSA) is 38.5 Å². The van der Waals surface area contributed by atoms with E-state index in [9.17, 15) is 0 Å². The molecule has 3 rings (SSSR count). The van der Waals surface area contributed by atoms with E-state index in [4.69, 9.17) is 10.5 Å². The maximum atomic E-state index is 5.88. The summed E-state index contributed by atoms with van der Waals surface area (Å²) in [5.74, 6) is 1.08. The molecule has 1 saturated heterocycles. The van der Waals surface area contributed by atoms with Crippen LogP contribution in [0.25, 0.3) is 0 Å². The smallest absolute Gasteiger partial charge is 0.122 e. The van der Waals surface area contributed by atoms with Crippen molar-refractivity contribution in [1.29, 1.82) is 0 Å². The van der Waals surface area contributed by atoms with Crippen LogP contribution in [-0.4, -0.2) is 30.6 Å². The molecule has 1 atom stereocenters. The zero-order chi connectivity index (χ0) is 12.4. The third kappa shape index (κ3) is 3.22. The highest BCUT2D eigenvalue weighted by Gasteiger charge is 2.21. The Morgan fingerprint density at radius 3 is 3.05 bits per heavy atom. The minimum absolute atomic E-state index is 0. The van der Waals surface area contributed by atoms with Crippen molar-refractivity contribution in [1.82, 2.24) is 4.90 Å². The number of piperidine rings is 1. The Labute approximate surface area is 121 Å². The first-order valence-corrected chi connectivity index (χ1v) is 7.05. The molecular formula is C15H23ClN2O. The molecule has 3 nitrogen and oxygen atoms in total. The van der Waals surface area contributed by atoms with E-state index in [0.29, 0.717) is 6.04 Å². The van der Waals surface area contributed by atoms with Crippen molar-refractivity contribution in [2.24, 2.45) is 5.73 Å². The quantitative estimate of drug-likeness (QED) is 0.925. The molecule has 0 spiro atoms. The number of halogens is 1. The van der Waals surface area contributed by atoms with Crippen molar-refractivity contribution in [3.05, 3.63) is 29.3 Å². The number of ether oxygens (including phenoxy) is 1. The predicted molar refractivity (Wildman–Crippen MR) is 80.0 cm³/mol. The second kappa shape index (κ2) is 6.60. The second-order valence-corrected chi connectivity index (χ2v) is 5.40. The van der Waals surface area contributed by atoms with Crippen LogP contribution in [0.3, 0.4) is 0 Å². The monoisotopic (exact) mass is 282 g/mol. The zero-order valence-electron chi connectivity index (χ0n) is 11.3. The van der Waals surface area contributed by atoms with E-state index >= 15 is 0 Å². The van der Waals surface area contributed by atoms with Crippen molar-refractivity contribution in [2.75, 3.05) is 19.7 Å². The molecule has 0 aromatic heterocycles. The molecule has 19 heavy (non-hydrogen) atoms. The van der Waals surface area contributed by atoms with Crippen LogP contribution in [-0.2, 0) is 13.0 Å². The molecule has 1 aromatic carbocycles. The standard InChI is InChI=1S/C15H22N2O.ClH/c16-10-14-3-1-2-7-17(14)11-12-4-5-15-13(9-12)6-8-18-15;/h4-5,9,14H,1-3,6-8,10-11,16H2;1H. The van der Waals surface area contributed by atoms with E-state index in [2.05, 4.69) is 23.1 Å². The molecule has 1 fully saturated rings. The lowest BCUT2D eigenvalue weighted by Gasteiger charge is -2.35. The van der Waals surface area contributed by atoms with Gasteiger partial charge in [-0.05, 0) is 36.6 Å². The van der Waals surface area contributed by atoms with Gasteiger partial charge in [0.2, 0.25) is 0 Å². The Kier molecular flexibility index (Phi) is 5.08. The van der Waals surface area contributed by atoms with Gasteiger partial charge in [0.05, 0.1) is 6.61 Å². The van der Waals surface area contributed by atoms with Gasteiger partial charge in [0.1, 0.15) is 5.75 Å². The van der Waals surface area contributed by atoms with Crippen molar-refractivity contribution in [3.8, 4) is 5.75 Å². The number of likely N-dealkylation sites (tertiary alicyclic amines) is 1. The molecule has 0 aliphatic carbocycles. The maximum absolute atomic E-state index is 5.88. The molecule has 1 unspecified atom stereocenters. The number of hydrogen-bond donors (Lipinski definition) is 1. The first-order valence-electron chi connectivity index (χ1n) is 7.05. The lowest BCUT2D eigenvalue weighted by molar-refractivity contribution is 0.145. The first-order chi connectivity index (χ1) is 8.86. The minimum atomic E-state index is 0. The molecule has 0 radical (unpaired) electrons. The first kappa shape index (κ1) is 14.6. The molecule has 106 valence electrons. The van der Waals surface area contributed by atoms with Crippen LogP contribution in [0.4, 0.5) is 0 Å². The third-order valence-electron chi connectivity index (χ3n) is 4.16. The lowest BCUT2D eigenvalue weighted by Crippen LogP contribution is -2.43. The Balaban J connectivity index is 0.00000133. The number of rotatable bonds is 3. The number of hydrogen-bond acceptors (Lipinski definition) is 3. The van der Waals surface area contributed by atoms with Gasteiger partial charge in [0.25, 0.3) is 0 Å². The fourth-order valence-electron chi connectivity index (χ4n) is 3.11. The van der Waals surface area contributed by atoms with Crippen molar-refractivity contribution >= 4 is 12.4 Å². The normalized spacial score (nSPS) is 22.5. The molecule has 4 heteroatoms. The fraction of sp³-hybridized carbons (Fsp3) is 0.600. The fourth-order valence-corrected chi connectivity index (χ4v) is 3.11. The summed E-state index contributed by atoms with van der Waals surface area (Å²) < 4.78 is 5.55. The average Bonchev–Trinajstić information content (AvgIpc) is 2.87. The molecule has 2 aliphatic rings. The number of benzene rings is 1. The van der Waals surface area contributed by atoms with Gasteiger partial charge in [0, 0.05) is 25.6 Å². The van der Waals surface area contributed by atoms with Gasteiger partial charge in [0.15, 0.2) is 0 Å². The Morgan fingerprint density at radius 2 is 2.21 bits per heavy atom. The number of nitrogens with zero attached hydrogens (tertiary/aromatic N) is 1. The summed E-state index contributed by atoms with van der Waals surface area (Å²) in [6, 6.07) is 7.21. The van der Waals surface area contributed by atoms with Gasteiger partial charge in [-0.1, -0.05) is 18.6 Å². The van der Waals surface area contributed by atoms with Crippen LogP contribution in [0.5, 0.6) is 5.75 Å². The largest absolute Gasteiger partial charge is 0.493 e. The van der Waals surface area contributed by atoms with E-state index in [0.717, 1.165) is 31.9 Å². The van der Waals surface area contributed by atoms with E-state index < -0.39 is 0 Å². The zero-order valence-corrected chi connectivity index (χ0v) is 12.1. The van der Waals surface area contributed by atoms with Crippen LogP contribution < -0.4 is 10.5 Å². The van der Waals surface area contributed by atoms with Gasteiger partial charge < -0.3 is 10.5 Å². The van der Waals surface area contributed by atoms with Gasteiger partial charge in [-0.15, -0.1) is 12.4 Å². The highest BCUT2D eigenvalue weighted by Crippen LogP contribution is 2.27. The van der Waals surface area contributed by atoms with Crippen molar-refractivity contribution in [3.63, 3.8) is 0 Å². The SMILES string of the molecule is Cl.NCC1CCCCN1Cc1ccc2c(c1)CCO2. The van der Waals surface area contributed by atoms with Crippen LogP contribution in [0.1, 0.15) is 30.4 Å². The predicted octanol–water partition coefficient (Wildman–Crippen LogP) is 2.36. The summed E-state index contributed by atoms with van der Waals surface area (Å²) in [5, 5.41) is 0. The van der Waals surface area contributed by atoms with Gasteiger partial charge in [-0.25, -0.2) is 0 Å². The van der Waals surface area contributed by atoms with Crippen molar-refractivity contribution < 1.29 is 4.74 Å². The maximum Gasteiger partial charge on any atom is 0.122 e. The molecule has 2 N–H and O–H groups in total. The minimum Gasteiger partial charge on any atom is -0.493 e. The molecule has 0 saturated carbocycles. The van der Waals surface area contributed by atoms with Crippen molar-refractivity contribution in [2.45, 2.75) is 38.3 Å². The molecular weight excluding hydrogens is 260 g/mol. The molecule has 2 heterocycles.